The van der Waals surface area contributed by atoms with Crippen LogP contribution in [0, 0.1) is 17.2 Å². The molecule has 22 heavy (non-hydrogen) atoms. The minimum Gasteiger partial charge on any atom is -0.353 e. The zero-order valence-electron chi connectivity index (χ0n) is 13.3. The highest BCUT2D eigenvalue weighted by atomic mass is 16.7. The topological polar surface area (TPSA) is 68.3 Å². The number of ether oxygens (including phenoxy) is 2. The summed E-state index contributed by atoms with van der Waals surface area (Å²) in [6.45, 7) is 2.75. The average Bonchev–Trinajstić information content (AvgIpc) is 2.59. The summed E-state index contributed by atoms with van der Waals surface area (Å²) in [7, 11) is 0. The van der Waals surface area contributed by atoms with Crippen molar-refractivity contribution in [1.82, 2.24) is 0 Å². The maximum Gasteiger partial charge on any atom is 0.157 e. The number of nitrogens with two attached hydrogens (primary N) is 1. The first-order valence-corrected chi connectivity index (χ1v) is 8.17. The molecule has 1 heterocycles. The van der Waals surface area contributed by atoms with E-state index in [4.69, 9.17) is 20.5 Å². The lowest BCUT2D eigenvalue weighted by molar-refractivity contribution is -0.199. The van der Waals surface area contributed by atoms with Crippen LogP contribution in [-0.4, -0.2) is 25.0 Å². The van der Waals surface area contributed by atoms with Gasteiger partial charge in [0.05, 0.1) is 18.2 Å². The van der Waals surface area contributed by atoms with Crippen molar-refractivity contribution >= 4 is 0 Å². The number of benzene rings is 1. The van der Waals surface area contributed by atoms with E-state index in [2.05, 4.69) is 18.2 Å². The highest BCUT2D eigenvalue weighted by Crippen LogP contribution is 2.23. The molecule has 1 aliphatic rings. The Labute approximate surface area is 133 Å². The van der Waals surface area contributed by atoms with Crippen LogP contribution < -0.4 is 5.73 Å². The fourth-order valence-electron chi connectivity index (χ4n) is 2.77. The molecular weight excluding hydrogens is 276 g/mol. The molecule has 1 aromatic rings. The molecular formula is C18H26N2O2. The summed E-state index contributed by atoms with van der Waals surface area (Å²) in [6, 6.07) is 12.0. The van der Waals surface area contributed by atoms with Gasteiger partial charge >= 0.3 is 0 Å². The van der Waals surface area contributed by atoms with Crippen molar-refractivity contribution in [1.29, 1.82) is 5.26 Å². The Morgan fingerprint density at radius 2 is 2.14 bits per heavy atom. The molecule has 1 fully saturated rings. The van der Waals surface area contributed by atoms with Gasteiger partial charge in [-0.1, -0.05) is 37.3 Å². The molecule has 4 atom stereocenters. The molecule has 0 aliphatic carbocycles. The smallest absolute Gasteiger partial charge is 0.157 e. The number of hydrogen-bond acceptors (Lipinski definition) is 4. The van der Waals surface area contributed by atoms with E-state index < -0.39 is 6.04 Å². The molecule has 2 N–H and O–H groups in total. The van der Waals surface area contributed by atoms with E-state index in [-0.39, 0.29) is 18.3 Å². The maximum absolute atomic E-state index is 9.08. The number of aryl methyl sites for hydroxylation is 1. The number of nitriles is 1. The van der Waals surface area contributed by atoms with Gasteiger partial charge in [0.15, 0.2) is 6.29 Å². The number of hydrogen-bond donors (Lipinski definition) is 1. The van der Waals surface area contributed by atoms with E-state index >= 15 is 0 Å². The predicted octanol–water partition coefficient (Wildman–Crippen LogP) is 3.02. The fourth-order valence-corrected chi connectivity index (χ4v) is 2.77. The van der Waals surface area contributed by atoms with Crippen molar-refractivity contribution in [2.75, 3.05) is 6.61 Å². The summed E-state index contributed by atoms with van der Waals surface area (Å²) in [5, 5.41) is 9.08. The lowest BCUT2D eigenvalue weighted by Gasteiger charge is -2.32. The van der Waals surface area contributed by atoms with Crippen LogP contribution >= 0.6 is 0 Å². The van der Waals surface area contributed by atoms with Gasteiger partial charge in [-0.2, -0.15) is 5.26 Å². The van der Waals surface area contributed by atoms with Crippen molar-refractivity contribution in [3.8, 4) is 6.07 Å². The monoisotopic (exact) mass is 302 g/mol. The Hall–Kier alpha value is -1.41. The van der Waals surface area contributed by atoms with Gasteiger partial charge in [0.2, 0.25) is 0 Å². The van der Waals surface area contributed by atoms with Crippen LogP contribution in [-0.2, 0) is 15.9 Å². The SMILES string of the molecule is C[C@H]([C@H](N)C#N)[C@H](CCc1ccccc1)OC1CCCCO1. The molecule has 1 aromatic carbocycles. The van der Waals surface area contributed by atoms with E-state index in [0.29, 0.717) is 0 Å². The van der Waals surface area contributed by atoms with Gasteiger partial charge in [0.25, 0.3) is 0 Å². The maximum atomic E-state index is 9.08. The van der Waals surface area contributed by atoms with Gasteiger partial charge in [-0.15, -0.1) is 0 Å². The molecule has 4 nitrogen and oxygen atoms in total. The van der Waals surface area contributed by atoms with Crippen molar-refractivity contribution in [3.05, 3.63) is 35.9 Å². The second kappa shape index (κ2) is 8.89. The molecule has 0 spiro atoms. The fraction of sp³-hybridized carbons (Fsp3) is 0.611. The molecule has 120 valence electrons. The van der Waals surface area contributed by atoms with E-state index in [9.17, 15) is 0 Å². The summed E-state index contributed by atoms with van der Waals surface area (Å²) < 4.78 is 11.8. The van der Waals surface area contributed by atoms with Gasteiger partial charge in [-0.3, -0.25) is 0 Å². The summed E-state index contributed by atoms with van der Waals surface area (Å²) in [5.41, 5.74) is 7.19. The van der Waals surface area contributed by atoms with Crippen LogP contribution in [0.25, 0.3) is 0 Å². The van der Waals surface area contributed by atoms with Crippen molar-refractivity contribution in [2.45, 2.75) is 57.5 Å². The second-order valence-electron chi connectivity index (χ2n) is 6.01. The van der Waals surface area contributed by atoms with Crippen LogP contribution in [0.4, 0.5) is 0 Å². The van der Waals surface area contributed by atoms with Crippen molar-refractivity contribution in [3.63, 3.8) is 0 Å². The van der Waals surface area contributed by atoms with Crippen LogP contribution in [0.1, 0.15) is 38.2 Å². The van der Waals surface area contributed by atoms with Gasteiger partial charge in [0.1, 0.15) is 0 Å². The standard InChI is InChI=1S/C18H26N2O2/c1-14(16(20)13-19)17(22-18-9-5-6-12-21-18)11-10-15-7-3-2-4-8-15/h2-4,7-8,14,16-18H,5-6,9-12,20H2,1H3/t14-,16-,17+,18?/m1/s1. The van der Waals surface area contributed by atoms with Gasteiger partial charge < -0.3 is 15.2 Å². The first-order valence-electron chi connectivity index (χ1n) is 8.17. The Morgan fingerprint density at radius 1 is 1.36 bits per heavy atom. The molecule has 0 amide bonds. The van der Waals surface area contributed by atoms with Gasteiger partial charge in [-0.05, 0) is 37.7 Å². The first kappa shape index (κ1) is 17.0. The van der Waals surface area contributed by atoms with E-state index in [0.717, 1.165) is 38.7 Å². The summed E-state index contributed by atoms with van der Waals surface area (Å²) >= 11 is 0. The molecule has 1 saturated heterocycles. The van der Waals surface area contributed by atoms with E-state index in [1.807, 2.05) is 25.1 Å². The third-order valence-corrected chi connectivity index (χ3v) is 4.33. The first-order chi connectivity index (χ1) is 10.7. The Kier molecular flexibility index (Phi) is 6.85. The van der Waals surface area contributed by atoms with Gasteiger partial charge in [0, 0.05) is 12.5 Å². The van der Waals surface area contributed by atoms with Gasteiger partial charge in [-0.25, -0.2) is 0 Å². The minimum atomic E-state index is -0.510. The van der Waals surface area contributed by atoms with Crippen LogP contribution in [0.5, 0.6) is 0 Å². The molecule has 0 aromatic heterocycles. The molecule has 1 aliphatic heterocycles. The van der Waals surface area contributed by atoms with Crippen molar-refractivity contribution < 1.29 is 9.47 Å². The third kappa shape index (κ3) is 5.10. The number of nitrogens with zero attached hydrogens (tertiary/aromatic N) is 1. The Balaban J connectivity index is 1.95. The lowest BCUT2D eigenvalue weighted by atomic mass is 9.92. The van der Waals surface area contributed by atoms with Crippen molar-refractivity contribution in [2.24, 2.45) is 11.7 Å². The zero-order chi connectivity index (χ0) is 15.8. The third-order valence-electron chi connectivity index (χ3n) is 4.33. The van der Waals surface area contributed by atoms with Crippen LogP contribution in [0.3, 0.4) is 0 Å². The van der Waals surface area contributed by atoms with E-state index in [1.165, 1.54) is 5.56 Å². The van der Waals surface area contributed by atoms with E-state index in [1.54, 1.807) is 0 Å². The average molecular weight is 302 g/mol. The normalized spacial score (nSPS) is 22.5. The molecule has 4 heteroatoms. The highest BCUT2D eigenvalue weighted by molar-refractivity contribution is 5.14. The summed E-state index contributed by atoms with van der Waals surface area (Å²) in [5.74, 6) is -0.0146. The Bertz CT molecular complexity index is 466. The summed E-state index contributed by atoms with van der Waals surface area (Å²) in [4.78, 5) is 0. The Morgan fingerprint density at radius 3 is 2.77 bits per heavy atom. The lowest BCUT2D eigenvalue weighted by Crippen LogP contribution is -2.40. The summed E-state index contributed by atoms with van der Waals surface area (Å²) in [6.07, 6.45) is 4.72. The molecule has 0 bridgehead atoms. The molecule has 2 rings (SSSR count). The zero-order valence-corrected chi connectivity index (χ0v) is 13.3. The quantitative estimate of drug-likeness (QED) is 0.840. The molecule has 0 radical (unpaired) electrons. The number of rotatable bonds is 7. The minimum absolute atomic E-state index is 0.0146. The highest BCUT2D eigenvalue weighted by Gasteiger charge is 2.27. The van der Waals surface area contributed by atoms with Crippen LogP contribution in [0.15, 0.2) is 30.3 Å². The van der Waals surface area contributed by atoms with Crippen LogP contribution in [0.2, 0.25) is 0 Å². The molecule has 0 saturated carbocycles. The second-order valence-corrected chi connectivity index (χ2v) is 6.01. The molecule has 1 unspecified atom stereocenters. The largest absolute Gasteiger partial charge is 0.353 e. The predicted molar refractivity (Wildman–Crippen MR) is 86.0 cm³/mol.